The number of hydrogen-bond acceptors (Lipinski definition) is 14. The molecule has 0 aromatic carbocycles. The van der Waals surface area contributed by atoms with Crippen LogP contribution in [0.5, 0.6) is 0 Å². The van der Waals surface area contributed by atoms with Crippen LogP contribution in [0.25, 0.3) is 0 Å². The van der Waals surface area contributed by atoms with Crippen LogP contribution in [0.1, 0.15) is 219 Å². The highest BCUT2D eigenvalue weighted by molar-refractivity contribution is 7.81. The summed E-state index contributed by atoms with van der Waals surface area (Å²) in [6, 6.07) is 0.144. The van der Waals surface area contributed by atoms with Crippen molar-refractivity contribution in [2.75, 3.05) is 59.2 Å². The topological polar surface area (TPSA) is 220 Å². The second kappa shape index (κ2) is 39.4. The molecule has 5 saturated carbocycles. The number of allylic oxidation sites excluding steroid dienone is 5. The molecule has 1 heterocycles. The van der Waals surface area contributed by atoms with Crippen molar-refractivity contribution >= 4 is 18.5 Å². The number of aliphatic hydroxyl groups excluding tert-OH is 5. The minimum Gasteiger partial charge on any atom is -0.396 e. The fourth-order valence-corrected chi connectivity index (χ4v) is 10.6. The summed E-state index contributed by atoms with van der Waals surface area (Å²) in [5.41, 5.74) is 15.2. The summed E-state index contributed by atoms with van der Waals surface area (Å²) in [6.45, 7) is 9.94. The molecule has 15 heteroatoms. The van der Waals surface area contributed by atoms with E-state index >= 15 is 0 Å². The Kier molecular flexibility index (Phi) is 34.4. The van der Waals surface area contributed by atoms with Crippen LogP contribution >= 0.6 is 12.6 Å². The van der Waals surface area contributed by atoms with Crippen molar-refractivity contribution in [3.63, 3.8) is 0 Å². The van der Waals surface area contributed by atoms with Crippen LogP contribution in [0.3, 0.4) is 0 Å². The van der Waals surface area contributed by atoms with E-state index in [0.29, 0.717) is 38.4 Å². The van der Waals surface area contributed by atoms with Gasteiger partial charge in [-0.2, -0.15) is 12.6 Å². The van der Waals surface area contributed by atoms with Gasteiger partial charge in [0.2, 0.25) is 5.91 Å². The number of rotatable bonds is 37. The zero-order chi connectivity index (χ0) is 53.2. The van der Waals surface area contributed by atoms with Crippen LogP contribution < -0.4 is 27.0 Å². The van der Waals surface area contributed by atoms with Gasteiger partial charge in [0.05, 0.1) is 38.1 Å². The molecule has 0 radical (unpaired) electrons. The van der Waals surface area contributed by atoms with Crippen LogP contribution in [0, 0.1) is 11.8 Å². The number of hydrogen-bond donors (Lipinski definition) is 11. The Bertz CT molecular complexity index is 1580. The number of nitrogens with one attached hydrogen (secondary N) is 4. The number of thiol groups is 1. The molecular weight excluding hydrogens is 955 g/mol. The molecule has 1 aliphatic heterocycles. The number of nitrogens with two attached hydrogens (primary N) is 1. The zero-order valence-corrected chi connectivity index (χ0v) is 47.5. The minimum atomic E-state index is -0.810. The van der Waals surface area contributed by atoms with E-state index in [4.69, 9.17) is 25.1 Å². The Hall–Kier alpha value is -1.92. The molecule has 0 aromatic heterocycles. The molecule has 1 saturated heterocycles. The maximum atomic E-state index is 11.8. The van der Waals surface area contributed by atoms with E-state index < -0.39 is 24.4 Å². The number of amides is 1. The molecule has 0 aromatic rings. The van der Waals surface area contributed by atoms with Crippen LogP contribution in [-0.4, -0.2) is 133 Å². The van der Waals surface area contributed by atoms with Gasteiger partial charge >= 0.3 is 0 Å². The smallest absolute Gasteiger partial charge is 0.220 e. The number of carbonyl (C=O) groups is 1. The third kappa shape index (κ3) is 26.2. The van der Waals surface area contributed by atoms with Gasteiger partial charge in [-0.15, -0.1) is 0 Å². The first-order valence-corrected chi connectivity index (χ1v) is 30.7. The molecule has 14 nitrogen and oxygen atoms in total. The van der Waals surface area contributed by atoms with Gasteiger partial charge in [0.1, 0.15) is 6.10 Å². The van der Waals surface area contributed by atoms with Gasteiger partial charge in [0.15, 0.2) is 6.29 Å². The first-order valence-electron chi connectivity index (χ1n) is 30.2. The molecule has 7 atom stereocenters. The molecule has 1 amide bonds. The van der Waals surface area contributed by atoms with Gasteiger partial charge in [-0.05, 0) is 160 Å². The summed E-state index contributed by atoms with van der Waals surface area (Å²) in [5, 5.41) is 61.0. The summed E-state index contributed by atoms with van der Waals surface area (Å²) < 4.78 is 17.3. The van der Waals surface area contributed by atoms with Gasteiger partial charge in [0, 0.05) is 87.0 Å². The monoisotopic (exact) mass is 1060 g/mol. The predicted molar refractivity (Wildman–Crippen MR) is 303 cm³/mol. The normalized spacial score (nSPS) is 22.1. The summed E-state index contributed by atoms with van der Waals surface area (Å²) in [4.78, 5) is 11.8. The van der Waals surface area contributed by atoms with E-state index in [9.17, 15) is 25.2 Å². The van der Waals surface area contributed by atoms with E-state index in [0.717, 1.165) is 96.5 Å². The lowest BCUT2D eigenvalue weighted by atomic mass is 9.80. The van der Waals surface area contributed by atoms with Crippen molar-refractivity contribution in [2.45, 2.75) is 261 Å². The SMILES string of the molecule is CCC(N)COCCC(NCCCNC(CCCCOC1CCC(O)C(CO)O1)=C1CCC1)=C1CCC1.CCCCCC(NCCCNC(=O)CCC1CCC1)=C1CCC1.OCCC(O)C(O)CC(S)C1CCC1. The van der Waals surface area contributed by atoms with Gasteiger partial charge in [0.25, 0.3) is 0 Å². The molecule has 0 spiro atoms. The second-order valence-corrected chi connectivity index (χ2v) is 23.0. The van der Waals surface area contributed by atoms with Crippen molar-refractivity contribution in [3.8, 4) is 0 Å². The average Bonchev–Trinajstić information content (AvgIpc) is 3.30. The standard InChI is InChI=1S/C29H53N3O5.C20H36N2O.C10H20O3S/c1-2-24(30)21-35-19-15-26(23-10-6-11-23)32-17-7-16-31-25(22-8-5-9-22)12-3-4-18-36-29-14-13-27(34)28(20-33)37-29;1-2-3-4-12-19(18-10-6-11-18)21-15-7-16-22-20(23)14-13-17-8-5-9-17;11-5-4-8(12)9(13)6-10(14)7-2-1-3-7/h24,27-29,31-34H,2-21,30H2,1H3;17,21H,2-16H2,1H3,(H,22,23);7-14H,1-6H2. The van der Waals surface area contributed by atoms with Gasteiger partial charge < -0.3 is 66.7 Å². The summed E-state index contributed by atoms with van der Waals surface area (Å²) in [5.74, 6) is 1.69. The molecule has 74 heavy (non-hydrogen) atoms. The molecule has 0 bridgehead atoms. The highest BCUT2D eigenvalue weighted by Gasteiger charge is 2.30. The fraction of sp³-hybridized carbons (Fsp3) is 0.881. The first kappa shape index (κ1) is 64.6. The van der Waals surface area contributed by atoms with E-state index in [-0.39, 0.29) is 43.1 Å². The van der Waals surface area contributed by atoms with Crippen LogP contribution in [0.15, 0.2) is 33.8 Å². The van der Waals surface area contributed by atoms with Crippen molar-refractivity contribution in [1.29, 1.82) is 0 Å². The highest BCUT2D eigenvalue weighted by atomic mass is 32.1. The zero-order valence-electron chi connectivity index (χ0n) is 46.6. The van der Waals surface area contributed by atoms with Crippen molar-refractivity contribution < 1.29 is 44.5 Å². The van der Waals surface area contributed by atoms with Crippen LogP contribution in [-0.2, 0) is 19.0 Å². The molecule has 6 aliphatic rings. The molecule has 6 rings (SSSR count). The van der Waals surface area contributed by atoms with Crippen LogP contribution in [0.4, 0.5) is 0 Å². The van der Waals surface area contributed by atoms with Crippen molar-refractivity contribution in [3.05, 3.63) is 33.8 Å². The molecule has 430 valence electrons. The Labute approximate surface area is 454 Å². The van der Waals surface area contributed by atoms with Crippen molar-refractivity contribution in [2.24, 2.45) is 17.6 Å². The number of aliphatic hydroxyl groups is 5. The van der Waals surface area contributed by atoms with Gasteiger partial charge in [-0.25, -0.2) is 0 Å². The van der Waals surface area contributed by atoms with Gasteiger partial charge in [-0.3, -0.25) is 4.79 Å². The lowest BCUT2D eigenvalue weighted by molar-refractivity contribution is -0.229. The third-order valence-corrected chi connectivity index (χ3v) is 17.0. The summed E-state index contributed by atoms with van der Waals surface area (Å²) in [7, 11) is 0. The number of ether oxygens (including phenoxy) is 3. The Morgan fingerprint density at radius 3 is 1.74 bits per heavy atom. The average molecular weight is 1060 g/mol. The predicted octanol–water partition coefficient (Wildman–Crippen LogP) is 8.88. The van der Waals surface area contributed by atoms with Gasteiger partial charge in [-0.1, -0.05) is 69.1 Å². The maximum absolute atomic E-state index is 11.8. The Balaban J connectivity index is 0.000000271. The third-order valence-electron chi connectivity index (χ3n) is 16.4. The minimum absolute atomic E-state index is 0.0844. The van der Waals surface area contributed by atoms with Crippen LogP contribution in [0.2, 0.25) is 0 Å². The highest BCUT2D eigenvalue weighted by Crippen LogP contribution is 2.35. The molecule has 6 fully saturated rings. The molecule has 5 aliphatic carbocycles. The lowest BCUT2D eigenvalue weighted by Gasteiger charge is -2.32. The number of carbonyl (C=O) groups excluding carboxylic acids is 1. The first-order chi connectivity index (χ1) is 36.0. The largest absolute Gasteiger partial charge is 0.396 e. The second-order valence-electron chi connectivity index (χ2n) is 22.3. The number of unbranched alkanes of at least 4 members (excludes halogenated alkanes) is 3. The molecular formula is C59H109N5O9S. The fourth-order valence-electron chi connectivity index (χ4n) is 10.0. The maximum Gasteiger partial charge on any atom is 0.220 e. The summed E-state index contributed by atoms with van der Waals surface area (Å²) >= 11 is 4.42. The van der Waals surface area contributed by atoms with E-state index in [2.05, 4.69) is 47.7 Å². The molecule has 11 N–H and O–H groups in total. The van der Waals surface area contributed by atoms with Crippen molar-refractivity contribution in [1.82, 2.24) is 21.3 Å². The quantitative estimate of drug-likeness (QED) is 0.0207. The van der Waals surface area contributed by atoms with E-state index in [1.807, 2.05) is 0 Å². The summed E-state index contributed by atoms with van der Waals surface area (Å²) in [6.07, 6.45) is 32.4. The lowest BCUT2D eigenvalue weighted by Crippen LogP contribution is -2.42. The molecule has 7 unspecified atom stereocenters. The Morgan fingerprint density at radius 1 is 0.689 bits per heavy atom. The van der Waals surface area contributed by atoms with E-state index in [1.54, 1.807) is 16.7 Å². The van der Waals surface area contributed by atoms with E-state index in [1.165, 1.54) is 139 Å². The Morgan fingerprint density at radius 2 is 1.26 bits per heavy atom.